The fourth-order valence-electron chi connectivity index (χ4n) is 3.82. The Morgan fingerprint density at radius 3 is 3.00 bits per heavy atom. The van der Waals surface area contributed by atoms with Crippen molar-refractivity contribution in [2.24, 2.45) is 0 Å². The monoisotopic (exact) mass is 361 g/mol. The van der Waals surface area contributed by atoms with Crippen molar-refractivity contribution in [2.45, 2.75) is 38.1 Å². The van der Waals surface area contributed by atoms with Crippen molar-refractivity contribution in [1.29, 1.82) is 0 Å². The molecular formula is C19H19N7O. The predicted octanol–water partition coefficient (Wildman–Crippen LogP) is 2.59. The van der Waals surface area contributed by atoms with E-state index in [2.05, 4.69) is 30.2 Å². The average molecular weight is 361 g/mol. The topological polar surface area (TPSA) is 101 Å². The van der Waals surface area contributed by atoms with Crippen molar-refractivity contribution < 1.29 is 4.79 Å². The minimum Gasteiger partial charge on any atom is -0.346 e. The smallest absolute Gasteiger partial charge is 0.272 e. The number of imidazole rings is 2. The maximum absolute atomic E-state index is 12.8. The average Bonchev–Trinajstić information content (AvgIpc) is 3.44. The molecule has 5 rings (SSSR count). The molecule has 4 heterocycles. The Kier molecular flexibility index (Phi) is 3.81. The fraction of sp³-hybridized carbons (Fsp3) is 0.316. The molecule has 1 aliphatic carbocycles. The summed E-state index contributed by atoms with van der Waals surface area (Å²) >= 11 is 0. The van der Waals surface area contributed by atoms with Gasteiger partial charge in [0.05, 0.1) is 0 Å². The van der Waals surface area contributed by atoms with Crippen LogP contribution in [0, 0.1) is 0 Å². The molecule has 0 radical (unpaired) electrons. The molecule has 8 nitrogen and oxygen atoms in total. The van der Waals surface area contributed by atoms with E-state index in [0.29, 0.717) is 29.3 Å². The lowest BCUT2D eigenvalue weighted by molar-refractivity contribution is 0.0947. The number of carbonyl (C=O) groups excluding carboxylic acids is 1. The first kappa shape index (κ1) is 15.9. The first-order valence-electron chi connectivity index (χ1n) is 9.19. The van der Waals surface area contributed by atoms with Gasteiger partial charge in [-0.2, -0.15) is 0 Å². The Hall–Kier alpha value is -3.29. The molecule has 0 atom stereocenters. The number of hydrogen-bond donors (Lipinski definition) is 2. The van der Waals surface area contributed by atoms with Gasteiger partial charge in [-0.05, 0) is 18.9 Å². The molecular weight excluding hydrogens is 342 g/mol. The van der Waals surface area contributed by atoms with Crippen LogP contribution >= 0.6 is 0 Å². The standard InChI is InChI=1S/C19H19N7O/c27-19(21-10-13-6-3-8-26-9-7-20-18(13)26)15-14-17(23-11-22-15)25-16(24-14)12-4-1-2-5-12/h3,6-9,11-12H,1-2,4-5,10H2,(H,21,27)(H,22,23,24,25). The summed E-state index contributed by atoms with van der Waals surface area (Å²) < 4.78 is 1.92. The summed E-state index contributed by atoms with van der Waals surface area (Å²) in [5.74, 6) is 1.09. The van der Waals surface area contributed by atoms with E-state index in [0.717, 1.165) is 29.9 Å². The van der Waals surface area contributed by atoms with Gasteiger partial charge in [0.1, 0.15) is 23.3 Å². The maximum Gasteiger partial charge on any atom is 0.272 e. The summed E-state index contributed by atoms with van der Waals surface area (Å²) in [5.41, 5.74) is 3.25. The molecule has 4 aromatic heterocycles. The van der Waals surface area contributed by atoms with Crippen LogP contribution in [-0.2, 0) is 6.54 Å². The van der Waals surface area contributed by atoms with Crippen LogP contribution in [0.4, 0.5) is 0 Å². The molecule has 27 heavy (non-hydrogen) atoms. The second-order valence-electron chi connectivity index (χ2n) is 6.90. The predicted molar refractivity (Wildman–Crippen MR) is 99.3 cm³/mol. The van der Waals surface area contributed by atoms with Crippen LogP contribution in [-0.4, -0.2) is 35.2 Å². The van der Waals surface area contributed by atoms with Gasteiger partial charge in [0, 0.05) is 36.6 Å². The van der Waals surface area contributed by atoms with E-state index in [1.807, 2.05) is 28.9 Å². The number of amides is 1. The van der Waals surface area contributed by atoms with E-state index in [9.17, 15) is 4.79 Å². The number of pyridine rings is 1. The number of fused-ring (bicyclic) bond motifs is 2. The molecule has 4 aromatic rings. The Labute approximate surface area is 155 Å². The minimum absolute atomic E-state index is 0.252. The van der Waals surface area contributed by atoms with Gasteiger partial charge >= 0.3 is 0 Å². The van der Waals surface area contributed by atoms with Crippen LogP contribution in [0.1, 0.15) is 53.5 Å². The van der Waals surface area contributed by atoms with Gasteiger partial charge in [0.2, 0.25) is 0 Å². The number of nitrogens with one attached hydrogen (secondary N) is 2. The number of rotatable bonds is 4. The highest BCUT2D eigenvalue weighted by Crippen LogP contribution is 2.33. The van der Waals surface area contributed by atoms with Gasteiger partial charge in [-0.3, -0.25) is 4.79 Å². The molecule has 8 heteroatoms. The molecule has 0 aromatic carbocycles. The highest BCUT2D eigenvalue weighted by molar-refractivity contribution is 6.02. The molecule has 2 N–H and O–H groups in total. The van der Waals surface area contributed by atoms with Crippen LogP contribution < -0.4 is 5.32 Å². The quantitative estimate of drug-likeness (QED) is 0.582. The van der Waals surface area contributed by atoms with Crippen molar-refractivity contribution in [3.8, 4) is 0 Å². The molecule has 1 aliphatic rings. The van der Waals surface area contributed by atoms with Crippen LogP contribution in [0.2, 0.25) is 0 Å². The van der Waals surface area contributed by atoms with Crippen LogP contribution in [0.5, 0.6) is 0 Å². The third-order valence-electron chi connectivity index (χ3n) is 5.20. The molecule has 1 saturated carbocycles. The van der Waals surface area contributed by atoms with Gasteiger partial charge in [0.15, 0.2) is 11.3 Å². The summed E-state index contributed by atoms with van der Waals surface area (Å²) in [4.78, 5) is 33.4. The van der Waals surface area contributed by atoms with Gasteiger partial charge in [-0.1, -0.05) is 18.9 Å². The van der Waals surface area contributed by atoms with E-state index in [1.54, 1.807) is 6.20 Å². The lowest BCUT2D eigenvalue weighted by atomic mass is 10.1. The Balaban J connectivity index is 1.41. The Bertz CT molecular complexity index is 1120. The fourth-order valence-corrected chi connectivity index (χ4v) is 3.82. The first-order chi connectivity index (χ1) is 13.3. The molecule has 1 fully saturated rings. The van der Waals surface area contributed by atoms with E-state index < -0.39 is 0 Å². The molecule has 0 unspecified atom stereocenters. The van der Waals surface area contributed by atoms with Gasteiger partial charge < -0.3 is 14.7 Å². The highest BCUT2D eigenvalue weighted by Gasteiger charge is 2.23. The van der Waals surface area contributed by atoms with Crippen molar-refractivity contribution in [2.75, 3.05) is 0 Å². The zero-order valence-corrected chi connectivity index (χ0v) is 14.7. The summed E-state index contributed by atoms with van der Waals surface area (Å²) in [6, 6.07) is 3.88. The number of H-pyrrole nitrogens is 1. The largest absolute Gasteiger partial charge is 0.346 e. The van der Waals surface area contributed by atoms with Crippen molar-refractivity contribution in [3.05, 3.63) is 54.1 Å². The molecule has 0 bridgehead atoms. The first-order valence-corrected chi connectivity index (χ1v) is 9.19. The summed E-state index contributed by atoms with van der Waals surface area (Å²) in [7, 11) is 0. The normalized spacial score (nSPS) is 15.0. The van der Waals surface area contributed by atoms with Crippen LogP contribution in [0.3, 0.4) is 0 Å². The van der Waals surface area contributed by atoms with Gasteiger partial charge in [-0.25, -0.2) is 19.9 Å². The number of hydrogen-bond acceptors (Lipinski definition) is 5. The van der Waals surface area contributed by atoms with E-state index >= 15 is 0 Å². The van der Waals surface area contributed by atoms with Gasteiger partial charge in [-0.15, -0.1) is 0 Å². The summed E-state index contributed by atoms with van der Waals surface area (Å²) in [6.45, 7) is 0.370. The third kappa shape index (κ3) is 2.83. The molecule has 0 saturated heterocycles. The SMILES string of the molecule is O=C(NCc1cccn2ccnc12)c1ncnc2nc(C3CCCC3)[nH]c12. The van der Waals surface area contributed by atoms with Crippen LogP contribution in [0.15, 0.2) is 37.1 Å². The number of nitrogens with zero attached hydrogens (tertiary/aromatic N) is 5. The van der Waals surface area contributed by atoms with E-state index in [-0.39, 0.29) is 5.91 Å². The molecule has 0 spiro atoms. The van der Waals surface area contributed by atoms with E-state index in [4.69, 9.17) is 0 Å². The van der Waals surface area contributed by atoms with Crippen molar-refractivity contribution in [3.63, 3.8) is 0 Å². The van der Waals surface area contributed by atoms with E-state index in [1.165, 1.54) is 19.2 Å². The second kappa shape index (κ2) is 6.46. The number of aromatic amines is 1. The zero-order chi connectivity index (χ0) is 18.2. The Morgan fingerprint density at radius 2 is 2.11 bits per heavy atom. The second-order valence-corrected chi connectivity index (χ2v) is 6.90. The third-order valence-corrected chi connectivity index (χ3v) is 5.20. The van der Waals surface area contributed by atoms with Gasteiger partial charge in [0.25, 0.3) is 5.91 Å². The summed E-state index contributed by atoms with van der Waals surface area (Å²) in [6.07, 6.45) is 11.6. The lowest BCUT2D eigenvalue weighted by Gasteiger charge is -2.06. The van der Waals surface area contributed by atoms with Crippen molar-refractivity contribution >= 4 is 22.7 Å². The van der Waals surface area contributed by atoms with Crippen molar-refractivity contribution in [1.82, 2.24) is 34.6 Å². The zero-order valence-electron chi connectivity index (χ0n) is 14.7. The minimum atomic E-state index is -0.252. The molecule has 136 valence electrons. The molecule has 1 amide bonds. The maximum atomic E-state index is 12.8. The summed E-state index contributed by atoms with van der Waals surface area (Å²) in [5, 5.41) is 2.94. The number of aromatic nitrogens is 6. The highest BCUT2D eigenvalue weighted by atomic mass is 16.1. The lowest BCUT2D eigenvalue weighted by Crippen LogP contribution is -2.24. The van der Waals surface area contributed by atoms with Crippen LogP contribution in [0.25, 0.3) is 16.8 Å². The molecule has 0 aliphatic heterocycles. The Morgan fingerprint density at radius 1 is 1.22 bits per heavy atom. The number of carbonyl (C=O) groups is 1.